The van der Waals surface area contributed by atoms with Gasteiger partial charge in [0, 0.05) is 5.02 Å². The zero-order valence-corrected chi connectivity index (χ0v) is 13.7. The van der Waals surface area contributed by atoms with Gasteiger partial charge in [0.05, 0.1) is 17.4 Å². The summed E-state index contributed by atoms with van der Waals surface area (Å²) < 4.78 is 38.9. The van der Waals surface area contributed by atoms with Gasteiger partial charge >= 0.3 is 0 Å². The Labute approximate surface area is 138 Å². The first-order valence-electron chi connectivity index (χ1n) is 6.91. The number of benzene rings is 2. The van der Waals surface area contributed by atoms with E-state index in [9.17, 15) is 17.6 Å². The SMILES string of the molecule is C[C@@H](C(=O)N1Cc2cc(Cl)ccc2S1(=O)=O)c1ccc(F)cc1. The van der Waals surface area contributed by atoms with E-state index in [-0.39, 0.29) is 11.4 Å². The van der Waals surface area contributed by atoms with E-state index >= 15 is 0 Å². The highest BCUT2D eigenvalue weighted by molar-refractivity contribution is 7.90. The molecule has 23 heavy (non-hydrogen) atoms. The van der Waals surface area contributed by atoms with E-state index in [1.54, 1.807) is 13.0 Å². The zero-order valence-electron chi connectivity index (χ0n) is 12.2. The molecule has 4 nitrogen and oxygen atoms in total. The quantitative estimate of drug-likeness (QED) is 0.832. The number of sulfonamides is 1. The fourth-order valence-corrected chi connectivity index (χ4v) is 4.42. The maximum absolute atomic E-state index is 13.0. The molecule has 0 aromatic heterocycles. The second-order valence-corrected chi connectivity index (χ2v) is 7.64. The maximum atomic E-state index is 13.0. The molecule has 0 unspecified atom stereocenters. The maximum Gasteiger partial charge on any atom is 0.267 e. The molecule has 3 rings (SSSR count). The van der Waals surface area contributed by atoms with Crippen molar-refractivity contribution in [3.05, 3.63) is 64.4 Å². The molecule has 7 heteroatoms. The van der Waals surface area contributed by atoms with Crippen molar-refractivity contribution in [3.63, 3.8) is 0 Å². The number of rotatable bonds is 2. The van der Waals surface area contributed by atoms with Gasteiger partial charge < -0.3 is 0 Å². The Bertz CT molecular complexity index is 881. The van der Waals surface area contributed by atoms with E-state index in [2.05, 4.69) is 0 Å². The molecule has 0 bridgehead atoms. The van der Waals surface area contributed by atoms with Gasteiger partial charge in [-0.25, -0.2) is 17.1 Å². The summed E-state index contributed by atoms with van der Waals surface area (Å²) in [7, 11) is -3.87. The number of amides is 1. The van der Waals surface area contributed by atoms with Gasteiger partial charge in [0.25, 0.3) is 10.0 Å². The minimum absolute atomic E-state index is 0.0391. The van der Waals surface area contributed by atoms with Crippen LogP contribution in [0.5, 0.6) is 0 Å². The first kappa shape index (κ1) is 16.0. The van der Waals surface area contributed by atoms with E-state index in [0.29, 0.717) is 16.1 Å². The molecule has 0 fully saturated rings. The summed E-state index contributed by atoms with van der Waals surface area (Å²) in [5, 5.41) is 0.417. The van der Waals surface area contributed by atoms with Crippen LogP contribution in [0.2, 0.25) is 5.02 Å². The Morgan fingerprint density at radius 3 is 2.52 bits per heavy atom. The van der Waals surface area contributed by atoms with Gasteiger partial charge in [0.2, 0.25) is 5.91 Å². The van der Waals surface area contributed by atoms with Crippen LogP contribution in [-0.4, -0.2) is 18.6 Å². The average molecular weight is 354 g/mol. The topological polar surface area (TPSA) is 54.5 Å². The normalized spacial score (nSPS) is 16.9. The monoisotopic (exact) mass is 353 g/mol. The first-order chi connectivity index (χ1) is 10.8. The predicted molar refractivity (Wildman–Crippen MR) is 84.0 cm³/mol. The Kier molecular flexibility index (Phi) is 3.90. The van der Waals surface area contributed by atoms with Crippen molar-refractivity contribution in [3.8, 4) is 0 Å². The second-order valence-electron chi connectivity index (χ2n) is 5.38. The third-order valence-corrected chi connectivity index (χ3v) is 5.97. The van der Waals surface area contributed by atoms with Gasteiger partial charge in [-0.2, -0.15) is 0 Å². The molecule has 1 aliphatic heterocycles. The largest absolute Gasteiger partial charge is 0.273 e. The van der Waals surface area contributed by atoms with Crippen LogP contribution < -0.4 is 0 Å². The third-order valence-electron chi connectivity index (χ3n) is 3.89. The molecule has 0 spiro atoms. The van der Waals surface area contributed by atoms with Gasteiger partial charge in [-0.05, 0) is 48.4 Å². The molecule has 120 valence electrons. The van der Waals surface area contributed by atoms with Gasteiger partial charge in [-0.15, -0.1) is 0 Å². The van der Waals surface area contributed by atoms with Crippen LogP contribution in [0.15, 0.2) is 47.4 Å². The molecule has 0 radical (unpaired) electrons. The molecule has 0 saturated carbocycles. The molecule has 0 N–H and O–H groups in total. The van der Waals surface area contributed by atoms with Gasteiger partial charge in [0.15, 0.2) is 0 Å². The summed E-state index contributed by atoms with van der Waals surface area (Å²) in [6, 6.07) is 9.87. The van der Waals surface area contributed by atoms with Crippen molar-refractivity contribution < 1.29 is 17.6 Å². The van der Waals surface area contributed by atoms with Crippen LogP contribution in [0.1, 0.15) is 24.0 Å². The molecule has 0 aliphatic carbocycles. The summed E-state index contributed by atoms with van der Waals surface area (Å²) >= 11 is 5.88. The number of hydrogen-bond acceptors (Lipinski definition) is 3. The van der Waals surface area contributed by atoms with E-state index < -0.39 is 27.7 Å². The highest BCUT2D eigenvalue weighted by Gasteiger charge is 2.39. The Balaban J connectivity index is 1.93. The summed E-state index contributed by atoms with van der Waals surface area (Å²) in [6.45, 7) is 1.56. The van der Waals surface area contributed by atoms with Crippen LogP contribution in [0.4, 0.5) is 4.39 Å². The van der Waals surface area contributed by atoms with Crippen molar-refractivity contribution in [2.24, 2.45) is 0 Å². The molecule has 1 atom stereocenters. The lowest BCUT2D eigenvalue weighted by atomic mass is 10.0. The molecular formula is C16H13ClFNO3S. The third kappa shape index (κ3) is 2.72. The van der Waals surface area contributed by atoms with Crippen LogP contribution >= 0.6 is 11.6 Å². The predicted octanol–water partition coefficient (Wildman–Crippen LogP) is 3.31. The lowest BCUT2D eigenvalue weighted by Crippen LogP contribution is -2.34. The number of hydrogen-bond donors (Lipinski definition) is 0. The van der Waals surface area contributed by atoms with Crippen molar-refractivity contribution >= 4 is 27.5 Å². The first-order valence-corrected chi connectivity index (χ1v) is 8.73. The van der Waals surface area contributed by atoms with Gasteiger partial charge in [-0.1, -0.05) is 23.7 Å². The molecule has 1 amide bonds. The minimum Gasteiger partial charge on any atom is -0.273 e. The van der Waals surface area contributed by atoms with E-state index in [1.807, 2.05) is 0 Å². The number of fused-ring (bicyclic) bond motifs is 1. The minimum atomic E-state index is -3.87. The second kappa shape index (κ2) is 5.62. The molecule has 0 saturated heterocycles. The van der Waals surface area contributed by atoms with Gasteiger partial charge in [-0.3, -0.25) is 4.79 Å². The summed E-state index contributed by atoms with van der Waals surface area (Å²) in [4.78, 5) is 12.7. The zero-order chi connectivity index (χ0) is 16.8. The molecular weight excluding hydrogens is 341 g/mol. The smallest absolute Gasteiger partial charge is 0.267 e. The van der Waals surface area contributed by atoms with Crippen molar-refractivity contribution in [1.82, 2.24) is 4.31 Å². The van der Waals surface area contributed by atoms with Crippen LogP contribution in [0.3, 0.4) is 0 Å². The Morgan fingerprint density at radius 1 is 1.22 bits per heavy atom. The van der Waals surface area contributed by atoms with E-state index in [1.165, 1.54) is 36.4 Å². The van der Waals surface area contributed by atoms with E-state index in [0.717, 1.165) is 4.31 Å². The summed E-state index contributed by atoms with van der Waals surface area (Å²) in [5.41, 5.74) is 1.05. The van der Waals surface area contributed by atoms with Crippen LogP contribution in [0.25, 0.3) is 0 Å². The fourth-order valence-electron chi connectivity index (χ4n) is 2.59. The summed E-state index contributed by atoms with van der Waals surface area (Å²) in [5.74, 6) is -1.66. The number of halogens is 2. The molecule has 2 aromatic rings. The van der Waals surface area contributed by atoms with Crippen molar-refractivity contribution in [2.45, 2.75) is 24.3 Å². The van der Waals surface area contributed by atoms with E-state index in [4.69, 9.17) is 11.6 Å². The number of nitrogens with zero attached hydrogens (tertiary/aromatic N) is 1. The van der Waals surface area contributed by atoms with Crippen LogP contribution in [-0.2, 0) is 21.4 Å². The highest BCUT2D eigenvalue weighted by atomic mass is 35.5. The Hall–Kier alpha value is -1.92. The Morgan fingerprint density at radius 2 is 1.87 bits per heavy atom. The lowest BCUT2D eigenvalue weighted by Gasteiger charge is -2.20. The fraction of sp³-hybridized carbons (Fsp3) is 0.188. The molecule has 1 aliphatic rings. The number of carbonyl (C=O) groups excluding carboxylic acids is 1. The van der Waals surface area contributed by atoms with Crippen molar-refractivity contribution in [2.75, 3.05) is 0 Å². The molecule has 2 aromatic carbocycles. The number of carbonyl (C=O) groups is 1. The van der Waals surface area contributed by atoms with Crippen molar-refractivity contribution in [1.29, 1.82) is 0 Å². The standard InChI is InChI=1S/C16H13ClFNO3S/c1-10(11-2-5-14(18)6-3-11)16(20)19-9-12-8-13(17)4-7-15(12)23(19,21)22/h2-8,10H,9H2,1H3/t10-/m1/s1. The highest BCUT2D eigenvalue weighted by Crippen LogP contribution is 2.34. The summed E-state index contributed by atoms with van der Waals surface area (Å²) in [6.07, 6.45) is 0. The van der Waals surface area contributed by atoms with Gasteiger partial charge in [0.1, 0.15) is 5.82 Å². The van der Waals surface area contributed by atoms with Crippen LogP contribution in [0, 0.1) is 5.82 Å². The average Bonchev–Trinajstić information content (AvgIpc) is 2.77. The lowest BCUT2D eigenvalue weighted by molar-refractivity contribution is -0.127. The molecule has 1 heterocycles.